The van der Waals surface area contributed by atoms with Crippen molar-refractivity contribution in [2.24, 2.45) is 11.7 Å². The molecule has 120 valence electrons. The van der Waals surface area contributed by atoms with Gasteiger partial charge in [0.15, 0.2) is 11.6 Å². The molecule has 0 bridgehead atoms. The highest BCUT2D eigenvalue weighted by atomic mass is 19.1. The fraction of sp³-hybridized carbons (Fsp3) is 0.467. The lowest BCUT2D eigenvalue weighted by Crippen LogP contribution is -2.48. The van der Waals surface area contributed by atoms with Crippen LogP contribution in [0.1, 0.15) is 25.7 Å². The predicted molar refractivity (Wildman–Crippen MR) is 80.0 cm³/mol. The molecule has 0 aliphatic heterocycles. The molecule has 1 fully saturated rings. The summed E-state index contributed by atoms with van der Waals surface area (Å²) >= 11 is 0. The minimum atomic E-state index is -0.562. The Morgan fingerprint density at radius 3 is 2.68 bits per heavy atom. The van der Waals surface area contributed by atoms with Crippen LogP contribution in [0.25, 0.3) is 0 Å². The molecule has 0 heterocycles. The first-order chi connectivity index (χ1) is 10.5. The van der Waals surface area contributed by atoms with E-state index >= 15 is 0 Å². The number of hydrogen-bond donors (Lipinski definition) is 3. The van der Waals surface area contributed by atoms with E-state index in [2.05, 4.69) is 10.6 Å². The summed E-state index contributed by atoms with van der Waals surface area (Å²) < 4.78 is 18.4. The van der Waals surface area contributed by atoms with E-state index in [0.717, 1.165) is 12.8 Å². The molecule has 2 atom stereocenters. The number of benzene rings is 1. The first kappa shape index (κ1) is 16.1. The first-order valence-corrected chi connectivity index (χ1v) is 7.21. The van der Waals surface area contributed by atoms with Gasteiger partial charge in [-0.2, -0.15) is 0 Å². The number of nitrogens with two attached hydrogens (primary N) is 1. The van der Waals surface area contributed by atoms with Crippen molar-refractivity contribution in [1.82, 2.24) is 5.32 Å². The number of methoxy groups -OCH3 is 1. The van der Waals surface area contributed by atoms with Crippen molar-refractivity contribution < 1.29 is 18.7 Å². The number of nitrogens with one attached hydrogen (secondary N) is 2. The van der Waals surface area contributed by atoms with E-state index < -0.39 is 17.8 Å². The lowest BCUT2D eigenvalue weighted by molar-refractivity contribution is -0.123. The third kappa shape index (κ3) is 3.87. The summed E-state index contributed by atoms with van der Waals surface area (Å²) in [4.78, 5) is 23.4. The summed E-state index contributed by atoms with van der Waals surface area (Å²) in [6, 6.07) is 3.37. The Morgan fingerprint density at radius 1 is 1.32 bits per heavy atom. The number of ether oxygens (including phenoxy) is 1. The van der Waals surface area contributed by atoms with Crippen LogP contribution in [0.4, 0.5) is 14.9 Å². The van der Waals surface area contributed by atoms with Gasteiger partial charge >= 0.3 is 6.03 Å². The molecule has 0 spiro atoms. The molecule has 1 saturated carbocycles. The molecule has 2 rings (SSSR count). The van der Waals surface area contributed by atoms with Gasteiger partial charge in [0, 0.05) is 17.8 Å². The van der Waals surface area contributed by atoms with E-state index in [1.54, 1.807) is 0 Å². The molecule has 1 aromatic rings. The molecule has 1 aliphatic carbocycles. The average Bonchev–Trinajstić information content (AvgIpc) is 2.47. The number of carbonyl (C=O) groups is 2. The summed E-state index contributed by atoms with van der Waals surface area (Å²) in [6.45, 7) is 0. The molecule has 0 radical (unpaired) electrons. The van der Waals surface area contributed by atoms with Crippen molar-refractivity contribution in [1.29, 1.82) is 0 Å². The van der Waals surface area contributed by atoms with Crippen molar-refractivity contribution in [3.05, 3.63) is 24.0 Å². The van der Waals surface area contributed by atoms with Crippen molar-refractivity contribution >= 4 is 17.6 Å². The quantitative estimate of drug-likeness (QED) is 0.794. The van der Waals surface area contributed by atoms with Crippen molar-refractivity contribution in [3.8, 4) is 5.75 Å². The zero-order valence-corrected chi connectivity index (χ0v) is 12.4. The van der Waals surface area contributed by atoms with E-state index in [0.29, 0.717) is 18.5 Å². The zero-order chi connectivity index (χ0) is 16.1. The zero-order valence-electron chi connectivity index (χ0n) is 12.4. The fourth-order valence-electron chi connectivity index (χ4n) is 2.72. The van der Waals surface area contributed by atoms with Gasteiger partial charge in [0.1, 0.15) is 0 Å². The topological polar surface area (TPSA) is 93.4 Å². The smallest absolute Gasteiger partial charge is 0.319 e. The van der Waals surface area contributed by atoms with Crippen LogP contribution in [0.5, 0.6) is 5.75 Å². The molecule has 1 aromatic carbocycles. The lowest BCUT2D eigenvalue weighted by Gasteiger charge is -2.29. The van der Waals surface area contributed by atoms with Gasteiger partial charge in [-0.25, -0.2) is 9.18 Å². The Balaban J connectivity index is 1.97. The third-order valence-corrected chi connectivity index (χ3v) is 3.86. The maximum Gasteiger partial charge on any atom is 0.319 e. The molecule has 2 unspecified atom stereocenters. The first-order valence-electron chi connectivity index (χ1n) is 7.21. The minimum absolute atomic E-state index is 0.104. The van der Waals surface area contributed by atoms with Gasteiger partial charge in [0.2, 0.25) is 5.91 Å². The summed E-state index contributed by atoms with van der Waals surface area (Å²) in [5.41, 5.74) is 5.67. The van der Waals surface area contributed by atoms with Crippen molar-refractivity contribution in [2.45, 2.75) is 31.7 Å². The maximum absolute atomic E-state index is 13.6. The van der Waals surface area contributed by atoms with Crippen LogP contribution < -0.4 is 21.1 Å². The van der Waals surface area contributed by atoms with Gasteiger partial charge in [-0.05, 0) is 25.0 Å². The number of amides is 3. The van der Waals surface area contributed by atoms with Crippen LogP contribution in [0.3, 0.4) is 0 Å². The van der Waals surface area contributed by atoms with Gasteiger partial charge in [-0.3, -0.25) is 4.79 Å². The van der Waals surface area contributed by atoms with Crippen molar-refractivity contribution in [3.63, 3.8) is 0 Å². The van der Waals surface area contributed by atoms with E-state index in [9.17, 15) is 14.0 Å². The summed E-state index contributed by atoms with van der Waals surface area (Å²) in [7, 11) is 1.37. The van der Waals surface area contributed by atoms with E-state index in [4.69, 9.17) is 10.5 Å². The van der Waals surface area contributed by atoms with Crippen LogP contribution in [-0.2, 0) is 4.79 Å². The molecule has 7 heteroatoms. The van der Waals surface area contributed by atoms with Gasteiger partial charge < -0.3 is 21.1 Å². The van der Waals surface area contributed by atoms with Crippen LogP contribution in [0.2, 0.25) is 0 Å². The fourth-order valence-corrected chi connectivity index (χ4v) is 2.72. The molecule has 22 heavy (non-hydrogen) atoms. The SMILES string of the molecule is COc1ccc(NC(=O)NC2CCCCC2C(N)=O)cc1F. The molecule has 1 aliphatic rings. The molecule has 4 N–H and O–H groups in total. The molecule has 3 amide bonds. The second-order valence-corrected chi connectivity index (χ2v) is 5.35. The average molecular weight is 309 g/mol. The summed E-state index contributed by atoms with van der Waals surface area (Å²) in [5, 5.41) is 5.29. The van der Waals surface area contributed by atoms with Crippen LogP contribution in [0.15, 0.2) is 18.2 Å². The number of rotatable bonds is 4. The van der Waals surface area contributed by atoms with E-state index in [1.807, 2.05) is 0 Å². The Kier molecular flexibility index (Phi) is 5.19. The summed E-state index contributed by atoms with van der Waals surface area (Å²) in [6.07, 6.45) is 3.25. The van der Waals surface area contributed by atoms with Crippen LogP contribution >= 0.6 is 0 Å². The largest absolute Gasteiger partial charge is 0.494 e. The number of halogens is 1. The highest BCUT2D eigenvalue weighted by Gasteiger charge is 2.30. The highest BCUT2D eigenvalue weighted by molar-refractivity contribution is 5.90. The number of primary amides is 1. The minimum Gasteiger partial charge on any atom is -0.494 e. The third-order valence-electron chi connectivity index (χ3n) is 3.86. The number of hydrogen-bond acceptors (Lipinski definition) is 3. The Hall–Kier alpha value is -2.31. The number of anilines is 1. The molecule has 6 nitrogen and oxygen atoms in total. The molecular formula is C15H20FN3O3. The Morgan fingerprint density at radius 2 is 2.05 bits per heavy atom. The van der Waals surface area contributed by atoms with Gasteiger partial charge in [-0.1, -0.05) is 12.8 Å². The Labute approximate surface area is 128 Å². The second kappa shape index (κ2) is 7.11. The molecule has 0 saturated heterocycles. The highest BCUT2D eigenvalue weighted by Crippen LogP contribution is 2.24. The molecular weight excluding hydrogens is 289 g/mol. The standard InChI is InChI=1S/C15H20FN3O3/c1-22-13-7-6-9(8-11(13)16)18-15(21)19-12-5-3-2-4-10(12)14(17)20/h6-8,10,12H,2-5H2,1H3,(H2,17,20)(H2,18,19,21). The van der Waals surface area contributed by atoms with E-state index in [1.165, 1.54) is 25.3 Å². The summed E-state index contributed by atoms with van der Waals surface area (Å²) in [5.74, 6) is -1.22. The second-order valence-electron chi connectivity index (χ2n) is 5.35. The van der Waals surface area contributed by atoms with Crippen LogP contribution in [0, 0.1) is 11.7 Å². The molecule has 0 aromatic heterocycles. The van der Waals surface area contributed by atoms with Gasteiger partial charge in [-0.15, -0.1) is 0 Å². The predicted octanol–water partition coefficient (Wildman–Crippen LogP) is 2.00. The normalized spacial score (nSPS) is 21.0. The van der Waals surface area contributed by atoms with E-state index in [-0.39, 0.29) is 17.7 Å². The van der Waals surface area contributed by atoms with Gasteiger partial charge in [0.25, 0.3) is 0 Å². The van der Waals surface area contributed by atoms with Crippen LogP contribution in [-0.4, -0.2) is 25.1 Å². The van der Waals surface area contributed by atoms with Gasteiger partial charge in [0.05, 0.1) is 13.0 Å². The maximum atomic E-state index is 13.6. The Bertz CT molecular complexity index is 565. The number of carbonyl (C=O) groups excluding carboxylic acids is 2. The lowest BCUT2D eigenvalue weighted by atomic mass is 9.84. The monoisotopic (exact) mass is 309 g/mol. The van der Waals surface area contributed by atoms with Crippen molar-refractivity contribution in [2.75, 3.05) is 12.4 Å². The number of urea groups is 1.